The molecule has 0 bridgehead atoms. The van der Waals surface area contributed by atoms with Crippen molar-refractivity contribution in [2.24, 2.45) is 0 Å². The predicted octanol–water partition coefficient (Wildman–Crippen LogP) is 3.71. The molecule has 0 aliphatic carbocycles. The van der Waals surface area contributed by atoms with Crippen LogP contribution in [0.4, 0.5) is 19.1 Å². The number of carbonyl (C=O) groups excluding carboxylic acids is 1. The molecule has 20 heavy (non-hydrogen) atoms. The fraction of sp³-hybridized carbons (Fsp3) is 0.231. The molecular weight excluding hydrogens is 273 g/mol. The van der Waals surface area contributed by atoms with Gasteiger partial charge < -0.3 is 4.52 Å². The highest BCUT2D eigenvalue weighted by Crippen LogP contribution is 2.32. The molecule has 0 atom stereocenters. The zero-order chi connectivity index (χ0) is 14.8. The van der Waals surface area contributed by atoms with E-state index in [9.17, 15) is 18.0 Å². The van der Waals surface area contributed by atoms with E-state index in [0.717, 1.165) is 12.1 Å². The summed E-state index contributed by atoms with van der Waals surface area (Å²) in [6.45, 7) is 1.67. The van der Waals surface area contributed by atoms with Crippen molar-refractivity contribution in [2.45, 2.75) is 19.5 Å². The molecule has 106 valence electrons. The van der Waals surface area contributed by atoms with Gasteiger partial charge in [-0.05, 0) is 12.1 Å². The molecule has 0 saturated carbocycles. The Morgan fingerprint density at radius 2 is 2.10 bits per heavy atom. The quantitative estimate of drug-likeness (QED) is 0.934. The minimum atomic E-state index is -4.42. The summed E-state index contributed by atoms with van der Waals surface area (Å²) in [5.74, 6) is -0.166. The lowest BCUT2D eigenvalue weighted by Gasteiger charge is -2.06. The molecule has 1 aromatic heterocycles. The highest BCUT2D eigenvalue weighted by atomic mass is 19.4. The highest BCUT2D eigenvalue weighted by molar-refractivity contribution is 5.89. The van der Waals surface area contributed by atoms with Crippen molar-refractivity contribution in [1.82, 2.24) is 5.16 Å². The molecule has 0 unspecified atom stereocenters. The lowest BCUT2D eigenvalue weighted by molar-refractivity contribution is -0.137. The van der Waals surface area contributed by atoms with Crippen LogP contribution in [0.3, 0.4) is 0 Å². The second kappa shape index (κ2) is 5.36. The molecule has 1 N–H and O–H groups in total. The van der Waals surface area contributed by atoms with E-state index in [2.05, 4.69) is 10.5 Å². The van der Waals surface area contributed by atoms with Crippen LogP contribution in [0.15, 0.2) is 34.9 Å². The fourth-order valence-corrected chi connectivity index (χ4v) is 1.55. The van der Waals surface area contributed by atoms with Gasteiger partial charge in [-0.25, -0.2) is 0 Å². The third kappa shape index (κ3) is 3.17. The molecule has 0 radical (unpaired) electrons. The van der Waals surface area contributed by atoms with Gasteiger partial charge in [-0.1, -0.05) is 24.2 Å². The number of benzene rings is 1. The Bertz CT molecular complexity index is 620. The average molecular weight is 284 g/mol. The van der Waals surface area contributed by atoms with Gasteiger partial charge in [0.15, 0.2) is 0 Å². The zero-order valence-corrected chi connectivity index (χ0v) is 10.5. The van der Waals surface area contributed by atoms with Gasteiger partial charge in [-0.3, -0.25) is 10.1 Å². The number of carbonyl (C=O) groups is 1. The Morgan fingerprint density at radius 1 is 1.35 bits per heavy atom. The Kier molecular flexibility index (Phi) is 3.78. The molecule has 7 heteroatoms. The van der Waals surface area contributed by atoms with E-state index < -0.39 is 11.7 Å². The molecule has 0 spiro atoms. The van der Waals surface area contributed by atoms with Gasteiger partial charge in [-0.2, -0.15) is 13.2 Å². The molecule has 1 aromatic carbocycles. The van der Waals surface area contributed by atoms with Crippen molar-refractivity contribution in [3.8, 4) is 11.3 Å². The van der Waals surface area contributed by atoms with E-state index in [4.69, 9.17) is 4.52 Å². The van der Waals surface area contributed by atoms with E-state index in [1.54, 1.807) is 6.92 Å². The van der Waals surface area contributed by atoms with E-state index in [0.29, 0.717) is 0 Å². The summed E-state index contributed by atoms with van der Waals surface area (Å²) in [4.78, 5) is 11.2. The number of alkyl halides is 3. The van der Waals surface area contributed by atoms with Crippen LogP contribution in [0.5, 0.6) is 0 Å². The summed E-state index contributed by atoms with van der Waals surface area (Å²) in [5.41, 5.74) is -0.278. The molecule has 1 amide bonds. The molecule has 2 rings (SSSR count). The molecule has 0 saturated heterocycles. The van der Waals surface area contributed by atoms with Crippen LogP contribution in [0.25, 0.3) is 11.3 Å². The molecule has 2 aromatic rings. The van der Waals surface area contributed by atoms with Crippen molar-refractivity contribution < 1.29 is 22.5 Å². The van der Waals surface area contributed by atoms with Crippen molar-refractivity contribution in [3.05, 3.63) is 35.9 Å². The van der Waals surface area contributed by atoms with Crippen molar-refractivity contribution in [3.63, 3.8) is 0 Å². The molecule has 1 heterocycles. The number of hydrogen-bond acceptors (Lipinski definition) is 3. The number of hydrogen-bond donors (Lipinski definition) is 1. The van der Waals surface area contributed by atoms with Gasteiger partial charge in [0.25, 0.3) is 0 Å². The lowest BCUT2D eigenvalue weighted by atomic mass is 10.1. The number of nitrogens with zero attached hydrogens (tertiary/aromatic N) is 1. The summed E-state index contributed by atoms with van der Waals surface area (Å²) in [5, 5.41) is 6.08. The minimum absolute atomic E-state index is 0.101. The Morgan fingerprint density at radius 3 is 2.75 bits per heavy atom. The van der Waals surface area contributed by atoms with Crippen LogP contribution in [0.2, 0.25) is 0 Å². The van der Waals surface area contributed by atoms with Crippen LogP contribution in [-0.2, 0) is 11.0 Å². The van der Waals surface area contributed by atoms with Gasteiger partial charge in [0, 0.05) is 18.1 Å². The maximum atomic E-state index is 12.6. The van der Waals surface area contributed by atoms with E-state index in [1.165, 1.54) is 18.2 Å². The van der Waals surface area contributed by atoms with Gasteiger partial charge in [-0.15, -0.1) is 0 Å². The van der Waals surface area contributed by atoms with Crippen LogP contribution >= 0.6 is 0 Å². The third-order valence-corrected chi connectivity index (χ3v) is 2.58. The topological polar surface area (TPSA) is 55.1 Å². The van der Waals surface area contributed by atoms with Crippen LogP contribution < -0.4 is 5.32 Å². The first kappa shape index (κ1) is 14.1. The summed E-state index contributed by atoms with van der Waals surface area (Å²) >= 11 is 0. The first-order chi connectivity index (χ1) is 9.40. The maximum absolute atomic E-state index is 12.6. The highest BCUT2D eigenvalue weighted by Gasteiger charge is 2.30. The summed E-state index contributed by atoms with van der Waals surface area (Å²) in [6.07, 6.45) is -4.15. The predicted molar refractivity (Wildman–Crippen MR) is 65.9 cm³/mol. The van der Waals surface area contributed by atoms with Crippen LogP contribution in [-0.4, -0.2) is 11.1 Å². The van der Waals surface area contributed by atoms with Gasteiger partial charge in [0.1, 0.15) is 5.69 Å². The normalized spacial score (nSPS) is 11.4. The molecular formula is C13H11F3N2O2. The third-order valence-electron chi connectivity index (χ3n) is 2.58. The second-order valence-corrected chi connectivity index (χ2v) is 4.06. The zero-order valence-electron chi connectivity index (χ0n) is 10.5. The van der Waals surface area contributed by atoms with Crippen molar-refractivity contribution >= 4 is 11.8 Å². The lowest BCUT2D eigenvalue weighted by Crippen LogP contribution is -2.08. The van der Waals surface area contributed by atoms with Gasteiger partial charge >= 0.3 is 6.18 Å². The number of anilines is 1. The van der Waals surface area contributed by atoms with E-state index in [1.807, 2.05) is 0 Å². The smallest absolute Gasteiger partial charge is 0.338 e. The maximum Gasteiger partial charge on any atom is 0.416 e. The molecule has 0 fully saturated rings. The van der Waals surface area contributed by atoms with Crippen molar-refractivity contribution in [1.29, 1.82) is 0 Å². The molecule has 0 aliphatic rings. The number of aromatic nitrogens is 1. The molecule has 0 aliphatic heterocycles. The first-order valence-electron chi connectivity index (χ1n) is 5.84. The van der Waals surface area contributed by atoms with Gasteiger partial charge in [0.2, 0.25) is 11.8 Å². The van der Waals surface area contributed by atoms with Crippen LogP contribution in [0, 0.1) is 0 Å². The Labute approximate surface area is 112 Å². The number of nitrogens with one attached hydrogen (secondary N) is 1. The first-order valence-corrected chi connectivity index (χ1v) is 5.84. The number of halogens is 3. The van der Waals surface area contributed by atoms with E-state index >= 15 is 0 Å². The standard InChI is InChI=1S/C13H11F3N2O2/c1-2-11(19)17-12-7-10(18-20-12)8-4-3-5-9(6-8)13(14,15)16/h3-7H,2H2,1H3,(H,17,19). The van der Waals surface area contributed by atoms with Gasteiger partial charge in [0.05, 0.1) is 5.56 Å². The summed E-state index contributed by atoms with van der Waals surface area (Å²) in [6, 6.07) is 6.10. The minimum Gasteiger partial charge on any atom is -0.338 e. The second-order valence-electron chi connectivity index (χ2n) is 4.06. The number of rotatable bonds is 3. The van der Waals surface area contributed by atoms with Crippen LogP contribution in [0.1, 0.15) is 18.9 Å². The molecule has 4 nitrogen and oxygen atoms in total. The fourth-order valence-electron chi connectivity index (χ4n) is 1.55. The average Bonchev–Trinajstić information content (AvgIpc) is 2.86. The monoisotopic (exact) mass is 284 g/mol. The number of amides is 1. The summed E-state index contributed by atoms with van der Waals surface area (Å²) < 4.78 is 42.7. The van der Waals surface area contributed by atoms with Crippen molar-refractivity contribution in [2.75, 3.05) is 5.32 Å². The summed E-state index contributed by atoms with van der Waals surface area (Å²) in [7, 11) is 0. The largest absolute Gasteiger partial charge is 0.416 e. The van der Waals surface area contributed by atoms with E-state index in [-0.39, 0.29) is 29.5 Å². The Balaban J connectivity index is 2.26. The SMILES string of the molecule is CCC(=O)Nc1cc(-c2cccc(C(F)(F)F)c2)no1. The Hall–Kier alpha value is -2.31.